The van der Waals surface area contributed by atoms with Gasteiger partial charge in [0, 0.05) is 33.1 Å². The van der Waals surface area contributed by atoms with Crippen molar-refractivity contribution in [2.45, 2.75) is 32.9 Å². The fourth-order valence-electron chi connectivity index (χ4n) is 2.79. The van der Waals surface area contributed by atoms with Gasteiger partial charge in [0.05, 0.1) is 12.8 Å². The molecule has 0 fully saturated rings. The van der Waals surface area contributed by atoms with Crippen LogP contribution in [0.1, 0.15) is 26.2 Å². The molecule has 0 saturated carbocycles. The van der Waals surface area contributed by atoms with Crippen LogP contribution in [0.15, 0.2) is 39.0 Å². The van der Waals surface area contributed by atoms with Gasteiger partial charge in [-0.2, -0.15) is 4.98 Å². The monoisotopic (exact) mass is 330 g/mol. The molecule has 7 heteroatoms. The minimum absolute atomic E-state index is 0.0853. The standard InChI is InChI=1S/C17H22N4O3/c1-12(20(3)13(2)22)14-6-8-21(9-7-14)11-16-18-17(19-24-16)15-5-4-10-23-15/h4-6,10,12H,7-9,11H2,1-3H3/t12-/m0/s1. The Labute approximate surface area is 140 Å². The molecular weight excluding hydrogens is 308 g/mol. The van der Waals surface area contributed by atoms with Gasteiger partial charge in [-0.15, -0.1) is 0 Å². The Balaban J connectivity index is 1.58. The summed E-state index contributed by atoms with van der Waals surface area (Å²) in [5.74, 6) is 1.74. The van der Waals surface area contributed by atoms with Gasteiger partial charge in [-0.25, -0.2) is 0 Å². The maximum atomic E-state index is 11.5. The molecule has 1 aliphatic rings. The van der Waals surface area contributed by atoms with Crippen LogP contribution in [0.2, 0.25) is 0 Å². The molecule has 128 valence electrons. The Hall–Kier alpha value is -2.41. The molecule has 0 aliphatic carbocycles. The summed E-state index contributed by atoms with van der Waals surface area (Å²) in [6, 6.07) is 3.73. The van der Waals surface area contributed by atoms with Crippen LogP contribution in [-0.2, 0) is 11.3 Å². The zero-order valence-electron chi connectivity index (χ0n) is 14.2. The van der Waals surface area contributed by atoms with Gasteiger partial charge in [0.15, 0.2) is 5.76 Å². The van der Waals surface area contributed by atoms with Crippen LogP contribution in [0.5, 0.6) is 0 Å². The lowest BCUT2D eigenvalue weighted by Crippen LogP contribution is -2.38. The molecule has 0 radical (unpaired) electrons. The summed E-state index contributed by atoms with van der Waals surface area (Å²) in [6.45, 7) is 5.98. The van der Waals surface area contributed by atoms with Gasteiger partial charge in [0.25, 0.3) is 0 Å². The fourth-order valence-corrected chi connectivity index (χ4v) is 2.79. The molecule has 24 heavy (non-hydrogen) atoms. The first-order chi connectivity index (χ1) is 11.5. The first kappa shape index (κ1) is 16.4. The second kappa shape index (κ2) is 7.00. The summed E-state index contributed by atoms with van der Waals surface area (Å²) in [5.41, 5.74) is 1.30. The summed E-state index contributed by atoms with van der Waals surface area (Å²) >= 11 is 0. The maximum absolute atomic E-state index is 11.5. The van der Waals surface area contributed by atoms with E-state index < -0.39 is 0 Å². The number of hydrogen-bond acceptors (Lipinski definition) is 6. The molecule has 0 N–H and O–H groups in total. The molecule has 3 rings (SSSR count). The van der Waals surface area contributed by atoms with Gasteiger partial charge in [-0.05, 0) is 31.1 Å². The topological polar surface area (TPSA) is 75.6 Å². The predicted octanol–water partition coefficient (Wildman–Crippen LogP) is 2.33. The van der Waals surface area contributed by atoms with E-state index >= 15 is 0 Å². The molecule has 1 amide bonds. The third kappa shape index (κ3) is 3.56. The van der Waals surface area contributed by atoms with E-state index in [-0.39, 0.29) is 11.9 Å². The van der Waals surface area contributed by atoms with Gasteiger partial charge < -0.3 is 13.8 Å². The average molecular weight is 330 g/mol. The van der Waals surface area contributed by atoms with Crippen molar-refractivity contribution in [1.29, 1.82) is 0 Å². The highest BCUT2D eigenvalue weighted by molar-refractivity contribution is 5.73. The van der Waals surface area contributed by atoms with Crippen molar-refractivity contribution in [3.05, 3.63) is 35.9 Å². The molecule has 2 aromatic rings. The summed E-state index contributed by atoms with van der Waals surface area (Å²) in [7, 11) is 1.84. The van der Waals surface area contributed by atoms with Crippen molar-refractivity contribution in [2.75, 3.05) is 20.1 Å². The van der Waals surface area contributed by atoms with Gasteiger partial charge >= 0.3 is 0 Å². The lowest BCUT2D eigenvalue weighted by molar-refractivity contribution is -0.128. The Kier molecular flexibility index (Phi) is 4.80. The summed E-state index contributed by atoms with van der Waals surface area (Å²) in [6.07, 6.45) is 4.71. The molecule has 0 saturated heterocycles. The van der Waals surface area contributed by atoms with Crippen LogP contribution in [0.4, 0.5) is 0 Å². The first-order valence-electron chi connectivity index (χ1n) is 8.05. The quantitative estimate of drug-likeness (QED) is 0.783. The van der Waals surface area contributed by atoms with E-state index in [4.69, 9.17) is 8.94 Å². The minimum Gasteiger partial charge on any atom is -0.461 e. The predicted molar refractivity (Wildman–Crippen MR) is 87.9 cm³/mol. The molecule has 7 nitrogen and oxygen atoms in total. The highest BCUT2D eigenvalue weighted by atomic mass is 16.5. The van der Waals surface area contributed by atoms with E-state index in [1.54, 1.807) is 30.2 Å². The third-order valence-corrected chi connectivity index (χ3v) is 4.51. The van der Waals surface area contributed by atoms with E-state index in [1.807, 2.05) is 7.05 Å². The van der Waals surface area contributed by atoms with Gasteiger partial charge in [0.2, 0.25) is 17.6 Å². The molecule has 1 aliphatic heterocycles. The number of hydrogen-bond donors (Lipinski definition) is 0. The van der Waals surface area contributed by atoms with Crippen LogP contribution < -0.4 is 0 Å². The van der Waals surface area contributed by atoms with Gasteiger partial charge in [-0.1, -0.05) is 11.2 Å². The molecule has 0 bridgehead atoms. The van der Waals surface area contributed by atoms with E-state index in [9.17, 15) is 4.79 Å². The van der Waals surface area contributed by atoms with Crippen molar-refractivity contribution in [2.24, 2.45) is 0 Å². The lowest BCUT2D eigenvalue weighted by Gasteiger charge is -2.31. The number of nitrogens with zero attached hydrogens (tertiary/aromatic N) is 4. The van der Waals surface area contributed by atoms with Gasteiger partial charge in [-0.3, -0.25) is 9.69 Å². The number of carbonyl (C=O) groups is 1. The molecular formula is C17H22N4O3. The highest BCUT2D eigenvalue weighted by Crippen LogP contribution is 2.20. The molecule has 2 aromatic heterocycles. The minimum atomic E-state index is 0.0853. The van der Waals surface area contributed by atoms with Crippen LogP contribution >= 0.6 is 0 Å². The average Bonchev–Trinajstić information content (AvgIpc) is 3.25. The van der Waals surface area contributed by atoms with Crippen LogP contribution in [0.3, 0.4) is 0 Å². The fraction of sp³-hybridized carbons (Fsp3) is 0.471. The number of carbonyl (C=O) groups excluding carboxylic acids is 1. The van der Waals surface area contributed by atoms with E-state index in [0.29, 0.717) is 24.0 Å². The van der Waals surface area contributed by atoms with Crippen molar-refractivity contribution in [3.8, 4) is 11.6 Å². The normalized spacial score (nSPS) is 16.7. The largest absolute Gasteiger partial charge is 0.461 e. The smallest absolute Gasteiger partial charge is 0.241 e. The van der Waals surface area contributed by atoms with E-state index in [2.05, 4.69) is 28.0 Å². The lowest BCUT2D eigenvalue weighted by atomic mass is 10.0. The van der Waals surface area contributed by atoms with Crippen LogP contribution in [-0.4, -0.2) is 52.0 Å². The Morgan fingerprint density at radius 2 is 2.33 bits per heavy atom. The SMILES string of the molecule is CC(=O)N(C)[C@@H](C)C1=CCN(Cc2nc(-c3ccco3)no2)CC1. The van der Waals surface area contributed by atoms with Crippen LogP contribution in [0.25, 0.3) is 11.6 Å². The van der Waals surface area contributed by atoms with Crippen molar-refractivity contribution in [1.82, 2.24) is 19.9 Å². The number of aromatic nitrogens is 2. The number of likely N-dealkylation sites (N-methyl/N-ethyl adjacent to an activating group) is 1. The maximum Gasteiger partial charge on any atom is 0.241 e. The molecule has 0 unspecified atom stereocenters. The zero-order valence-corrected chi connectivity index (χ0v) is 14.2. The highest BCUT2D eigenvalue weighted by Gasteiger charge is 2.22. The molecule has 0 spiro atoms. The molecule has 0 aromatic carbocycles. The summed E-state index contributed by atoms with van der Waals surface area (Å²) < 4.78 is 10.6. The van der Waals surface area contributed by atoms with Crippen molar-refractivity contribution in [3.63, 3.8) is 0 Å². The molecule has 3 heterocycles. The molecule has 1 atom stereocenters. The second-order valence-corrected chi connectivity index (χ2v) is 6.06. The van der Waals surface area contributed by atoms with Crippen molar-refractivity contribution < 1.29 is 13.7 Å². The Bertz CT molecular complexity index is 720. The van der Waals surface area contributed by atoms with Crippen LogP contribution in [0, 0.1) is 0 Å². The number of rotatable bonds is 5. The number of amides is 1. The summed E-state index contributed by atoms with van der Waals surface area (Å²) in [5, 5.41) is 3.94. The first-order valence-corrected chi connectivity index (χ1v) is 8.05. The Morgan fingerprint density at radius 1 is 1.50 bits per heavy atom. The number of furan rings is 1. The van der Waals surface area contributed by atoms with Crippen molar-refractivity contribution >= 4 is 5.91 Å². The van der Waals surface area contributed by atoms with E-state index in [0.717, 1.165) is 19.5 Å². The van der Waals surface area contributed by atoms with E-state index in [1.165, 1.54) is 5.57 Å². The van der Waals surface area contributed by atoms with Gasteiger partial charge in [0.1, 0.15) is 0 Å². The third-order valence-electron chi connectivity index (χ3n) is 4.51. The Morgan fingerprint density at radius 3 is 2.96 bits per heavy atom. The zero-order chi connectivity index (χ0) is 17.1. The summed E-state index contributed by atoms with van der Waals surface area (Å²) in [4.78, 5) is 19.9. The second-order valence-electron chi connectivity index (χ2n) is 6.06.